The van der Waals surface area contributed by atoms with E-state index in [1.165, 1.54) is 12.1 Å². The highest BCUT2D eigenvalue weighted by molar-refractivity contribution is 7.85. The van der Waals surface area contributed by atoms with Crippen molar-refractivity contribution in [3.05, 3.63) is 30.1 Å². The van der Waals surface area contributed by atoms with Gasteiger partial charge in [-0.2, -0.15) is 0 Å². The van der Waals surface area contributed by atoms with E-state index in [4.69, 9.17) is 5.73 Å². The van der Waals surface area contributed by atoms with Crippen LogP contribution in [0.15, 0.2) is 29.2 Å². The quantitative estimate of drug-likeness (QED) is 0.800. The second-order valence-corrected chi connectivity index (χ2v) is 4.67. The van der Waals surface area contributed by atoms with Crippen LogP contribution in [0.2, 0.25) is 0 Å². The third kappa shape index (κ3) is 2.60. The fourth-order valence-electron chi connectivity index (χ4n) is 0.912. The van der Waals surface area contributed by atoms with Crippen LogP contribution in [0.3, 0.4) is 0 Å². The van der Waals surface area contributed by atoms with Gasteiger partial charge >= 0.3 is 0 Å². The number of hydrogen-bond acceptors (Lipinski definition) is 2. The molecule has 13 heavy (non-hydrogen) atoms. The lowest BCUT2D eigenvalue weighted by Crippen LogP contribution is -2.21. The maximum atomic E-state index is 12.7. The van der Waals surface area contributed by atoms with E-state index in [9.17, 15) is 8.60 Å². The highest BCUT2D eigenvalue weighted by Crippen LogP contribution is 2.11. The zero-order valence-electron chi connectivity index (χ0n) is 7.37. The SMILES string of the molecule is CC(CN)S(=O)c1cccc(F)c1. The fourth-order valence-corrected chi connectivity index (χ4v) is 1.99. The molecule has 0 bridgehead atoms. The fraction of sp³-hybridized carbons (Fsp3) is 0.333. The Morgan fingerprint density at radius 2 is 2.31 bits per heavy atom. The summed E-state index contributed by atoms with van der Waals surface area (Å²) in [6.07, 6.45) is 0. The Balaban J connectivity index is 2.89. The molecule has 2 nitrogen and oxygen atoms in total. The first-order valence-corrected chi connectivity index (χ1v) is 5.22. The molecule has 0 aliphatic carbocycles. The van der Waals surface area contributed by atoms with Crippen molar-refractivity contribution in [2.45, 2.75) is 17.1 Å². The second kappa shape index (κ2) is 4.48. The van der Waals surface area contributed by atoms with Gasteiger partial charge in [0.05, 0.1) is 10.8 Å². The van der Waals surface area contributed by atoms with Gasteiger partial charge in [-0.25, -0.2) is 4.39 Å². The third-order valence-electron chi connectivity index (χ3n) is 1.73. The predicted molar refractivity (Wildman–Crippen MR) is 51.3 cm³/mol. The van der Waals surface area contributed by atoms with Crippen LogP contribution in [0.25, 0.3) is 0 Å². The summed E-state index contributed by atoms with van der Waals surface area (Å²) in [6, 6.07) is 5.80. The summed E-state index contributed by atoms with van der Waals surface area (Å²) in [5.74, 6) is -0.366. The van der Waals surface area contributed by atoms with Crippen molar-refractivity contribution in [2.24, 2.45) is 5.73 Å². The molecule has 2 atom stereocenters. The van der Waals surface area contributed by atoms with Crippen molar-refractivity contribution in [3.8, 4) is 0 Å². The average Bonchev–Trinajstić information content (AvgIpc) is 2.15. The zero-order valence-corrected chi connectivity index (χ0v) is 8.18. The van der Waals surface area contributed by atoms with Gasteiger partial charge in [-0.15, -0.1) is 0 Å². The molecule has 0 fully saturated rings. The molecule has 0 heterocycles. The molecule has 1 aromatic rings. The molecule has 72 valence electrons. The van der Waals surface area contributed by atoms with Crippen LogP contribution in [0.1, 0.15) is 6.92 Å². The van der Waals surface area contributed by atoms with Crippen molar-refractivity contribution in [1.29, 1.82) is 0 Å². The van der Waals surface area contributed by atoms with Gasteiger partial charge in [0.1, 0.15) is 5.82 Å². The van der Waals surface area contributed by atoms with Crippen LogP contribution in [0.5, 0.6) is 0 Å². The minimum atomic E-state index is -1.20. The molecule has 0 aromatic heterocycles. The van der Waals surface area contributed by atoms with E-state index in [0.29, 0.717) is 11.4 Å². The molecule has 0 aliphatic rings. The summed E-state index contributed by atoms with van der Waals surface area (Å²) in [5, 5.41) is -0.137. The van der Waals surface area contributed by atoms with E-state index in [1.807, 2.05) is 0 Å². The number of hydrogen-bond donors (Lipinski definition) is 1. The van der Waals surface area contributed by atoms with Crippen molar-refractivity contribution < 1.29 is 8.60 Å². The van der Waals surface area contributed by atoms with Gasteiger partial charge in [-0.3, -0.25) is 4.21 Å². The summed E-state index contributed by atoms with van der Waals surface area (Å²) < 4.78 is 24.3. The lowest BCUT2D eigenvalue weighted by atomic mass is 10.3. The number of halogens is 1. The monoisotopic (exact) mass is 201 g/mol. The molecule has 1 aromatic carbocycles. The van der Waals surface area contributed by atoms with Gasteiger partial charge in [0.25, 0.3) is 0 Å². The summed E-state index contributed by atoms with van der Waals surface area (Å²) in [6.45, 7) is 2.12. The van der Waals surface area contributed by atoms with Gasteiger partial charge < -0.3 is 5.73 Å². The van der Waals surface area contributed by atoms with E-state index in [-0.39, 0.29) is 11.1 Å². The van der Waals surface area contributed by atoms with Crippen molar-refractivity contribution >= 4 is 10.8 Å². The molecule has 0 aliphatic heterocycles. The van der Waals surface area contributed by atoms with Crippen LogP contribution >= 0.6 is 0 Å². The molecular weight excluding hydrogens is 189 g/mol. The Morgan fingerprint density at radius 3 is 2.85 bits per heavy atom. The van der Waals surface area contributed by atoms with Crippen LogP contribution < -0.4 is 5.73 Å². The number of nitrogens with two attached hydrogens (primary N) is 1. The maximum absolute atomic E-state index is 12.7. The van der Waals surface area contributed by atoms with Crippen molar-refractivity contribution in [3.63, 3.8) is 0 Å². The molecule has 4 heteroatoms. The first-order chi connectivity index (χ1) is 6.15. The Hall–Kier alpha value is -0.740. The molecule has 1 rings (SSSR count). The third-order valence-corrected chi connectivity index (χ3v) is 3.37. The largest absolute Gasteiger partial charge is 0.329 e. The second-order valence-electron chi connectivity index (χ2n) is 2.80. The van der Waals surface area contributed by atoms with Gasteiger partial charge in [0, 0.05) is 16.7 Å². The zero-order chi connectivity index (χ0) is 9.84. The Kier molecular flexibility index (Phi) is 3.57. The first kappa shape index (κ1) is 10.3. The Bertz CT molecular complexity index is 316. The molecule has 0 amide bonds. The maximum Gasteiger partial charge on any atom is 0.124 e. The summed E-state index contributed by atoms with van der Waals surface area (Å²) in [7, 11) is -1.20. The predicted octanol–water partition coefficient (Wildman–Crippen LogP) is 1.28. The average molecular weight is 201 g/mol. The number of rotatable bonds is 3. The summed E-state index contributed by atoms with van der Waals surface area (Å²) >= 11 is 0. The van der Waals surface area contributed by atoms with Gasteiger partial charge in [0.2, 0.25) is 0 Å². The smallest absolute Gasteiger partial charge is 0.124 e. The summed E-state index contributed by atoms with van der Waals surface area (Å²) in [5.41, 5.74) is 5.36. The minimum Gasteiger partial charge on any atom is -0.329 e. The number of benzene rings is 1. The molecular formula is C9H12FNOS. The minimum absolute atomic E-state index is 0.137. The summed E-state index contributed by atoms with van der Waals surface area (Å²) in [4.78, 5) is 0.498. The van der Waals surface area contributed by atoms with Crippen LogP contribution in [-0.2, 0) is 10.8 Å². The molecule has 2 unspecified atom stereocenters. The van der Waals surface area contributed by atoms with Crippen molar-refractivity contribution in [2.75, 3.05) is 6.54 Å². The normalized spacial score (nSPS) is 15.3. The Morgan fingerprint density at radius 1 is 1.62 bits per heavy atom. The van der Waals surface area contributed by atoms with Crippen LogP contribution in [0.4, 0.5) is 4.39 Å². The van der Waals surface area contributed by atoms with Crippen LogP contribution in [-0.4, -0.2) is 16.0 Å². The van der Waals surface area contributed by atoms with Gasteiger partial charge in [-0.05, 0) is 25.1 Å². The van der Waals surface area contributed by atoms with E-state index in [1.54, 1.807) is 19.1 Å². The molecule has 0 saturated heterocycles. The van der Waals surface area contributed by atoms with E-state index < -0.39 is 10.8 Å². The molecule has 0 radical (unpaired) electrons. The highest BCUT2D eigenvalue weighted by Gasteiger charge is 2.11. The molecule has 2 N–H and O–H groups in total. The Labute approximate surface area is 79.4 Å². The standard InChI is InChI=1S/C9H12FNOS/c1-7(6-11)13(12)9-4-2-3-8(10)5-9/h2-5,7H,6,11H2,1H3. The van der Waals surface area contributed by atoms with E-state index in [2.05, 4.69) is 0 Å². The van der Waals surface area contributed by atoms with E-state index >= 15 is 0 Å². The van der Waals surface area contributed by atoms with E-state index in [0.717, 1.165) is 0 Å². The topological polar surface area (TPSA) is 43.1 Å². The van der Waals surface area contributed by atoms with Gasteiger partial charge in [0.15, 0.2) is 0 Å². The lowest BCUT2D eigenvalue weighted by Gasteiger charge is -2.07. The highest BCUT2D eigenvalue weighted by atomic mass is 32.2. The van der Waals surface area contributed by atoms with Crippen molar-refractivity contribution in [1.82, 2.24) is 0 Å². The first-order valence-electron chi connectivity index (χ1n) is 4.01. The lowest BCUT2D eigenvalue weighted by molar-refractivity contribution is 0.622. The van der Waals surface area contributed by atoms with Crippen LogP contribution in [0, 0.1) is 5.82 Å². The molecule has 0 saturated carbocycles. The van der Waals surface area contributed by atoms with Gasteiger partial charge in [-0.1, -0.05) is 6.07 Å². The molecule has 0 spiro atoms.